The van der Waals surface area contributed by atoms with E-state index < -0.39 is 0 Å². The molecule has 0 amide bonds. The van der Waals surface area contributed by atoms with Gasteiger partial charge in [-0.15, -0.1) is 0 Å². The second kappa shape index (κ2) is 3.01. The molecule has 1 aromatic rings. The van der Waals surface area contributed by atoms with Crippen LogP contribution in [0.2, 0.25) is 0 Å². The van der Waals surface area contributed by atoms with Crippen molar-refractivity contribution in [2.75, 3.05) is 12.4 Å². The molecule has 0 atom stereocenters. The second-order valence-electron chi connectivity index (χ2n) is 2.10. The van der Waals surface area contributed by atoms with Gasteiger partial charge in [-0.05, 0) is 34.5 Å². The van der Waals surface area contributed by atoms with Gasteiger partial charge in [0.1, 0.15) is 4.60 Å². The zero-order valence-electron chi connectivity index (χ0n) is 5.98. The van der Waals surface area contributed by atoms with Gasteiger partial charge in [-0.25, -0.2) is 4.98 Å². The molecule has 1 N–H and O–H groups in total. The van der Waals surface area contributed by atoms with Crippen LogP contribution in [0.3, 0.4) is 0 Å². The Morgan fingerprint density at radius 3 is 2.80 bits per heavy atom. The van der Waals surface area contributed by atoms with Crippen LogP contribution in [0.4, 0.5) is 5.69 Å². The molecule has 54 valence electrons. The van der Waals surface area contributed by atoms with Crippen LogP contribution in [0.15, 0.2) is 16.9 Å². The summed E-state index contributed by atoms with van der Waals surface area (Å²) < 4.78 is 0.862. The minimum Gasteiger partial charge on any atom is -0.386 e. The van der Waals surface area contributed by atoms with Crippen molar-refractivity contribution in [1.29, 1.82) is 0 Å². The lowest BCUT2D eigenvalue weighted by molar-refractivity contribution is 1.22. The molecule has 0 saturated carbocycles. The smallest absolute Gasteiger partial charge is 0.129 e. The Labute approximate surface area is 68.8 Å². The van der Waals surface area contributed by atoms with Crippen molar-refractivity contribution < 1.29 is 0 Å². The van der Waals surface area contributed by atoms with Crippen LogP contribution < -0.4 is 5.32 Å². The maximum absolute atomic E-state index is 4.10. The number of nitrogens with zero attached hydrogens (tertiary/aromatic N) is 1. The van der Waals surface area contributed by atoms with E-state index in [4.69, 9.17) is 0 Å². The molecule has 0 radical (unpaired) electrons. The molecular weight excluding hydrogens is 192 g/mol. The van der Waals surface area contributed by atoms with E-state index in [-0.39, 0.29) is 0 Å². The average molecular weight is 201 g/mol. The number of hydrogen-bond donors (Lipinski definition) is 1. The molecule has 0 aliphatic carbocycles. The van der Waals surface area contributed by atoms with Crippen molar-refractivity contribution in [2.24, 2.45) is 0 Å². The summed E-state index contributed by atoms with van der Waals surface area (Å²) in [7, 11) is 1.88. The van der Waals surface area contributed by atoms with E-state index in [1.807, 2.05) is 26.2 Å². The van der Waals surface area contributed by atoms with Crippen LogP contribution in [0, 0.1) is 6.92 Å². The van der Waals surface area contributed by atoms with Crippen LogP contribution >= 0.6 is 15.9 Å². The van der Waals surface area contributed by atoms with Crippen LogP contribution in [-0.2, 0) is 0 Å². The third kappa shape index (κ3) is 1.48. The molecule has 0 bridgehead atoms. The normalized spacial score (nSPS) is 9.50. The molecular formula is C7H9BrN2. The topological polar surface area (TPSA) is 24.9 Å². The van der Waals surface area contributed by atoms with E-state index in [9.17, 15) is 0 Å². The highest BCUT2D eigenvalue weighted by atomic mass is 79.9. The fourth-order valence-corrected chi connectivity index (χ4v) is 1.14. The molecule has 0 aromatic carbocycles. The van der Waals surface area contributed by atoms with Crippen LogP contribution in [0.1, 0.15) is 5.56 Å². The molecule has 1 heterocycles. The molecule has 1 rings (SSSR count). The number of halogens is 1. The average Bonchev–Trinajstić information content (AvgIpc) is 1.94. The molecule has 1 aromatic heterocycles. The number of rotatable bonds is 1. The Morgan fingerprint density at radius 1 is 1.60 bits per heavy atom. The summed E-state index contributed by atoms with van der Waals surface area (Å²) in [6.07, 6.45) is 1.82. The number of aryl methyl sites for hydroxylation is 1. The molecule has 0 saturated heterocycles. The monoisotopic (exact) mass is 200 g/mol. The van der Waals surface area contributed by atoms with Crippen molar-refractivity contribution in [3.63, 3.8) is 0 Å². The lowest BCUT2D eigenvalue weighted by atomic mass is 10.3. The summed E-state index contributed by atoms with van der Waals surface area (Å²) >= 11 is 3.32. The molecule has 0 unspecified atom stereocenters. The second-order valence-corrected chi connectivity index (χ2v) is 2.85. The Hall–Kier alpha value is -0.570. The quantitative estimate of drug-likeness (QED) is 0.704. The SMILES string of the molecule is CNc1cc(C)cnc1Br. The number of nitrogens with one attached hydrogen (secondary N) is 1. The first kappa shape index (κ1) is 7.54. The number of pyridine rings is 1. The zero-order chi connectivity index (χ0) is 7.56. The lowest BCUT2D eigenvalue weighted by Gasteiger charge is -2.01. The maximum Gasteiger partial charge on any atom is 0.129 e. The molecule has 0 spiro atoms. The molecule has 0 fully saturated rings. The summed E-state index contributed by atoms with van der Waals surface area (Å²) in [6, 6.07) is 2.04. The predicted octanol–water partition coefficient (Wildman–Crippen LogP) is 2.19. The molecule has 0 aliphatic rings. The van der Waals surface area contributed by atoms with Crippen LogP contribution in [0.25, 0.3) is 0 Å². The largest absolute Gasteiger partial charge is 0.386 e. The third-order valence-electron chi connectivity index (χ3n) is 1.25. The molecule has 2 nitrogen and oxygen atoms in total. The van der Waals surface area contributed by atoms with E-state index in [1.165, 1.54) is 0 Å². The molecule has 10 heavy (non-hydrogen) atoms. The molecule has 0 aliphatic heterocycles. The first-order valence-electron chi connectivity index (χ1n) is 3.04. The van der Waals surface area contributed by atoms with Gasteiger partial charge in [0.25, 0.3) is 0 Å². The highest BCUT2D eigenvalue weighted by Gasteiger charge is 1.96. The van der Waals surface area contributed by atoms with Gasteiger partial charge in [-0.1, -0.05) is 0 Å². The van der Waals surface area contributed by atoms with E-state index >= 15 is 0 Å². The first-order chi connectivity index (χ1) is 4.74. The van der Waals surface area contributed by atoms with Crippen molar-refractivity contribution in [2.45, 2.75) is 6.92 Å². The minimum atomic E-state index is 0.862. The fourth-order valence-electron chi connectivity index (χ4n) is 0.728. The summed E-state index contributed by atoms with van der Waals surface area (Å²) in [5.74, 6) is 0. The third-order valence-corrected chi connectivity index (χ3v) is 1.88. The Kier molecular flexibility index (Phi) is 2.27. The fraction of sp³-hybridized carbons (Fsp3) is 0.286. The van der Waals surface area contributed by atoms with E-state index in [0.29, 0.717) is 0 Å². The number of aromatic nitrogens is 1. The van der Waals surface area contributed by atoms with Gasteiger partial charge in [-0.3, -0.25) is 0 Å². The standard InChI is InChI=1S/C7H9BrN2/c1-5-3-6(9-2)7(8)10-4-5/h3-4,9H,1-2H3. The summed E-state index contributed by atoms with van der Waals surface area (Å²) in [4.78, 5) is 4.10. The van der Waals surface area contributed by atoms with Gasteiger partial charge in [0, 0.05) is 13.2 Å². The van der Waals surface area contributed by atoms with E-state index in [2.05, 4.69) is 26.2 Å². The summed E-state index contributed by atoms with van der Waals surface area (Å²) in [5, 5.41) is 3.03. The predicted molar refractivity (Wildman–Crippen MR) is 46.2 cm³/mol. The Balaban J connectivity index is 3.09. The van der Waals surface area contributed by atoms with Crippen molar-refractivity contribution in [3.8, 4) is 0 Å². The van der Waals surface area contributed by atoms with Crippen molar-refractivity contribution in [3.05, 3.63) is 22.4 Å². The minimum absolute atomic E-state index is 0.862. The summed E-state index contributed by atoms with van der Waals surface area (Å²) in [6.45, 7) is 2.01. The molecule has 3 heteroatoms. The Bertz CT molecular complexity index is 235. The van der Waals surface area contributed by atoms with Gasteiger partial charge in [0.05, 0.1) is 5.69 Å². The van der Waals surface area contributed by atoms with Crippen molar-refractivity contribution in [1.82, 2.24) is 4.98 Å². The maximum atomic E-state index is 4.10. The van der Waals surface area contributed by atoms with Gasteiger partial charge >= 0.3 is 0 Å². The number of anilines is 1. The van der Waals surface area contributed by atoms with Crippen molar-refractivity contribution >= 4 is 21.6 Å². The lowest BCUT2D eigenvalue weighted by Crippen LogP contribution is -1.91. The van der Waals surface area contributed by atoms with Crippen LogP contribution in [0.5, 0.6) is 0 Å². The zero-order valence-corrected chi connectivity index (χ0v) is 7.57. The van der Waals surface area contributed by atoms with Gasteiger partial charge in [-0.2, -0.15) is 0 Å². The first-order valence-corrected chi connectivity index (χ1v) is 3.83. The highest BCUT2D eigenvalue weighted by Crippen LogP contribution is 2.18. The summed E-state index contributed by atoms with van der Waals surface area (Å²) in [5.41, 5.74) is 2.19. The van der Waals surface area contributed by atoms with Gasteiger partial charge < -0.3 is 5.32 Å². The van der Waals surface area contributed by atoms with Crippen LogP contribution in [-0.4, -0.2) is 12.0 Å². The van der Waals surface area contributed by atoms with E-state index in [0.717, 1.165) is 15.9 Å². The number of hydrogen-bond acceptors (Lipinski definition) is 2. The Morgan fingerprint density at radius 2 is 2.30 bits per heavy atom. The van der Waals surface area contributed by atoms with E-state index in [1.54, 1.807) is 0 Å². The highest BCUT2D eigenvalue weighted by molar-refractivity contribution is 9.10. The van der Waals surface area contributed by atoms with Gasteiger partial charge in [0.15, 0.2) is 0 Å². The van der Waals surface area contributed by atoms with Gasteiger partial charge in [0.2, 0.25) is 0 Å².